The van der Waals surface area contributed by atoms with Crippen LogP contribution in [0.2, 0.25) is 0 Å². The van der Waals surface area contributed by atoms with Crippen LogP contribution in [0.5, 0.6) is 0 Å². The number of amides is 1. The Balaban J connectivity index is 1.89. The minimum atomic E-state index is -0.664. The summed E-state index contributed by atoms with van der Waals surface area (Å²) in [4.78, 5) is 27.8. The van der Waals surface area contributed by atoms with Crippen LogP contribution in [-0.2, 0) is 27.2 Å². The average molecular weight is 334 g/mol. The lowest BCUT2D eigenvalue weighted by molar-refractivity contribution is -0.153. The first-order valence-corrected chi connectivity index (χ1v) is 8.26. The number of rotatable bonds is 3. The third kappa shape index (κ3) is 2.76. The van der Waals surface area contributed by atoms with Gasteiger partial charge in [-0.05, 0) is 37.3 Å². The Kier molecular flexibility index (Phi) is 4.21. The average Bonchev–Trinajstić information content (AvgIpc) is 3.14. The second kappa shape index (κ2) is 6.16. The Morgan fingerprint density at radius 2 is 2.26 bits per heavy atom. The van der Waals surface area contributed by atoms with Gasteiger partial charge in [-0.15, -0.1) is 11.3 Å². The van der Waals surface area contributed by atoms with Gasteiger partial charge in [0.1, 0.15) is 5.76 Å². The topological polar surface area (TPSA) is 72.6 Å². The summed E-state index contributed by atoms with van der Waals surface area (Å²) >= 11 is 1.61. The zero-order valence-electron chi connectivity index (χ0n) is 13.3. The van der Waals surface area contributed by atoms with E-state index in [9.17, 15) is 9.59 Å². The molecule has 0 saturated carbocycles. The standard InChI is InChI=1S/C16H18N2O4S/c1-9-12(10(2)22-17-9)8-14(19)18-6-4-13-11(5-7-23-13)15(18)16(20)21-3/h5,7,15H,4,6,8H2,1-3H3. The van der Waals surface area contributed by atoms with Crippen molar-refractivity contribution in [2.24, 2.45) is 0 Å². The molecule has 1 aliphatic rings. The first-order valence-electron chi connectivity index (χ1n) is 7.38. The second-order valence-corrected chi connectivity index (χ2v) is 6.54. The minimum Gasteiger partial charge on any atom is -0.467 e. The van der Waals surface area contributed by atoms with Crippen LogP contribution in [0.3, 0.4) is 0 Å². The maximum Gasteiger partial charge on any atom is 0.333 e. The molecule has 0 aromatic carbocycles. The van der Waals surface area contributed by atoms with Crippen molar-refractivity contribution in [1.82, 2.24) is 10.1 Å². The van der Waals surface area contributed by atoms with Crippen LogP contribution in [0, 0.1) is 13.8 Å². The van der Waals surface area contributed by atoms with Crippen LogP contribution >= 0.6 is 11.3 Å². The fourth-order valence-corrected chi connectivity index (χ4v) is 3.86. The normalized spacial score (nSPS) is 17.0. The highest BCUT2D eigenvalue weighted by Crippen LogP contribution is 2.34. The number of fused-ring (bicyclic) bond motifs is 1. The first kappa shape index (κ1) is 15.7. The van der Waals surface area contributed by atoms with Crippen LogP contribution in [0.1, 0.15) is 33.5 Å². The van der Waals surface area contributed by atoms with Gasteiger partial charge in [-0.25, -0.2) is 4.79 Å². The van der Waals surface area contributed by atoms with Crippen LogP contribution in [0.25, 0.3) is 0 Å². The van der Waals surface area contributed by atoms with Crippen LogP contribution in [0.15, 0.2) is 16.0 Å². The second-order valence-electron chi connectivity index (χ2n) is 5.54. The molecule has 0 aliphatic carbocycles. The molecule has 3 rings (SSSR count). The number of carbonyl (C=O) groups is 2. The van der Waals surface area contributed by atoms with Gasteiger partial charge in [0.2, 0.25) is 5.91 Å². The van der Waals surface area contributed by atoms with Gasteiger partial charge in [0.15, 0.2) is 6.04 Å². The summed E-state index contributed by atoms with van der Waals surface area (Å²) < 4.78 is 10.0. The molecular formula is C16H18N2O4S. The summed E-state index contributed by atoms with van der Waals surface area (Å²) in [6.07, 6.45) is 0.933. The van der Waals surface area contributed by atoms with Crippen LogP contribution in [0.4, 0.5) is 0 Å². The largest absolute Gasteiger partial charge is 0.467 e. The van der Waals surface area contributed by atoms with Crippen molar-refractivity contribution in [1.29, 1.82) is 0 Å². The number of thiophene rings is 1. The monoisotopic (exact) mass is 334 g/mol. The van der Waals surface area contributed by atoms with Crippen molar-refractivity contribution in [2.45, 2.75) is 32.7 Å². The number of ether oxygens (including phenoxy) is 1. The van der Waals surface area contributed by atoms with E-state index in [1.807, 2.05) is 18.4 Å². The molecule has 0 saturated heterocycles. The molecule has 0 radical (unpaired) electrons. The SMILES string of the molecule is COC(=O)C1c2ccsc2CCN1C(=O)Cc1c(C)noc1C. The molecule has 6 nitrogen and oxygen atoms in total. The fraction of sp³-hybridized carbons (Fsp3) is 0.438. The van der Waals surface area contributed by atoms with E-state index in [1.165, 1.54) is 7.11 Å². The quantitative estimate of drug-likeness (QED) is 0.805. The zero-order valence-corrected chi connectivity index (χ0v) is 14.1. The number of methoxy groups -OCH3 is 1. The molecule has 2 aromatic heterocycles. The van der Waals surface area contributed by atoms with Crippen molar-refractivity contribution < 1.29 is 18.8 Å². The highest BCUT2D eigenvalue weighted by molar-refractivity contribution is 7.10. The van der Waals surface area contributed by atoms with Crippen molar-refractivity contribution in [2.75, 3.05) is 13.7 Å². The first-order chi connectivity index (χ1) is 11.0. The Hall–Kier alpha value is -2.15. The van der Waals surface area contributed by atoms with E-state index in [-0.39, 0.29) is 12.3 Å². The lowest BCUT2D eigenvalue weighted by Crippen LogP contribution is -2.44. The summed E-state index contributed by atoms with van der Waals surface area (Å²) in [5.74, 6) is 0.113. The Morgan fingerprint density at radius 3 is 2.91 bits per heavy atom. The highest BCUT2D eigenvalue weighted by atomic mass is 32.1. The zero-order chi connectivity index (χ0) is 16.6. The van der Waals surface area contributed by atoms with E-state index in [1.54, 1.807) is 23.2 Å². The van der Waals surface area contributed by atoms with E-state index >= 15 is 0 Å². The molecule has 0 fully saturated rings. The number of hydrogen-bond donors (Lipinski definition) is 0. The van der Waals surface area contributed by atoms with E-state index < -0.39 is 12.0 Å². The molecule has 1 aliphatic heterocycles. The summed E-state index contributed by atoms with van der Waals surface area (Å²) in [6, 6.07) is 1.24. The van der Waals surface area contributed by atoms with Gasteiger partial charge < -0.3 is 14.2 Å². The molecule has 23 heavy (non-hydrogen) atoms. The van der Waals surface area contributed by atoms with Gasteiger partial charge in [-0.2, -0.15) is 0 Å². The van der Waals surface area contributed by atoms with E-state index in [0.29, 0.717) is 18.0 Å². The van der Waals surface area contributed by atoms with Crippen LogP contribution < -0.4 is 0 Å². The number of aryl methyl sites for hydroxylation is 2. The summed E-state index contributed by atoms with van der Waals surface area (Å²) in [6.45, 7) is 4.10. The van der Waals surface area contributed by atoms with E-state index in [0.717, 1.165) is 22.4 Å². The molecule has 0 N–H and O–H groups in total. The molecule has 0 bridgehead atoms. The van der Waals surface area contributed by atoms with Gasteiger partial charge in [0.25, 0.3) is 0 Å². The highest BCUT2D eigenvalue weighted by Gasteiger charge is 2.37. The predicted octanol–water partition coefficient (Wildman–Crippen LogP) is 2.19. The Bertz CT molecular complexity index is 730. The number of hydrogen-bond acceptors (Lipinski definition) is 6. The third-order valence-electron chi connectivity index (χ3n) is 4.22. The molecule has 122 valence electrons. The molecule has 3 heterocycles. The Labute approximate surface area is 138 Å². The fourth-order valence-electron chi connectivity index (χ4n) is 2.96. The third-order valence-corrected chi connectivity index (χ3v) is 5.22. The van der Waals surface area contributed by atoms with E-state index in [2.05, 4.69) is 5.16 Å². The number of aromatic nitrogens is 1. The van der Waals surface area contributed by atoms with Gasteiger partial charge in [0.05, 0.1) is 19.2 Å². The molecule has 1 unspecified atom stereocenters. The summed E-state index contributed by atoms with van der Waals surface area (Å²) in [5.41, 5.74) is 2.37. The van der Waals surface area contributed by atoms with Gasteiger partial charge in [-0.1, -0.05) is 5.16 Å². The lowest BCUT2D eigenvalue weighted by Gasteiger charge is -2.34. The maximum atomic E-state index is 12.8. The predicted molar refractivity (Wildman–Crippen MR) is 84.2 cm³/mol. The van der Waals surface area contributed by atoms with Gasteiger partial charge in [-0.3, -0.25) is 4.79 Å². The van der Waals surface area contributed by atoms with E-state index in [4.69, 9.17) is 9.26 Å². The van der Waals surface area contributed by atoms with Crippen LogP contribution in [-0.4, -0.2) is 35.6 Å². The maximum absolute atomic E-state index is 12.8. The molecule has 2 aromatic rings. The molecule has 7 heteroatoms. The number of carbonyl (C=O) groups excluding carboxylic acids is 2. The van der Waals surface area contributed by atoms with Crippen molar-refractivity contribution in [3.05, 3.63) is 38.9 Å². The number of esters is 1. The smallest absolute Gasteiger partial charge is 0.333 e. The minimum absolute atomic E-state index is 0.119. The summed E-state index contributed by atoms with van der Waals surface area (Å²) in [5, 5.41) is 5.82. The van der Waals surface area contributed by atoms with Gasteiger partial charge in [0, 0.05) is 17.0 Å². The summed E-state index contributed by atoms with van der Waals surface area (Å²) in [7, 11) is 1.35. The van der Waals surface area contributed by atoms with Crippen molar-refractivity contribution in [3.8, 4) is 0 Å². The van der Waals surface area contributed by atoms with Gasteiger partial charge >= 0.3 is 5.97 Å². The van der Waals surface area contributed by atoms with Crippen molar-refractivity contribution in [3.63, 3.8) is 0 Å². The molecule has 1 atom stereocenters. The molecular weight excluding hydrogens is 316 g/mol. The number of nitrogens with zero attached hydrogens (tertiary/aromatic N) is 2. The Morgan fingerprint density at radius 1 is 1.48 bits per heavy atom. The molecule has 0 spiro atoms. The van der Waals surface area contributed by atoms with Crippen molar-refractivity contribution >= 4 is 23.2 Å². The lowest BCUT2D eigenvalue weighted by atomic mass is 9.98. The molecule has 1 amide bonds.